The Hall–Kier alpha value is -0.870. The van der Waals surface area contributed by atoms with Gasteiger partial charge < -0.3 is 15.5 Å². The maximum Gasteiger partial charge on any atom is 0.123 e. The van der Waals surface area contributed by atoms with Gasteiger partial charge in [0.1, 0.15) is 11.5 Å². The molecule has 0 heterocycles. The van der Waals surface area contributed by atoms with Crippen LogP contribution in [0.5, 0.6) is 11.5 Å². The molecule has 0 bridgehead atoms. The third-order valence-electron chi connectivity index (χ3n) is 2.28. The van der Waals surface area contributed by atoms with Crippen molar-refractivity contribution in [3.05, 3.63) is 23.8 Å². The van der Waals surface area contributed by atoms with E-state index in [2.05, 4.69) is 19.2 Å². The molecule has 1 aromatic carbocycles. The second kappa shape index (κ2) is 6.66. The van der Waals surface area contributed by atoms with Crippen molar-refractivity contribution in [2.45, 2.75) is 26.4 Å². The number of phenolic OH excluding ortho intramolecular Hbond substituents is 2. The summed E-state index contributed by atoms with van der Waals surface area (Å²) in [4.78, 5) is 0. The van der Waals surface area contributed by atoms with Gasteiger partial charge in [0.15, 0.2) is 0 Å². The molecule has 3 nitrogen and oxygen atoms in total. The number of hydrogen-bond acceptors (Lipinski definition) is 4. The molecule has 0 aromatic heterocycles. The SMILES string of the molecule is CCSCC(C)NCc1ccc(O)cc1O. The van der Waals surface area contributed by atoms with Gasteiger partial charge in [0.25, 0.3) is 0 Å². The lowest BCUT2D eigenvalue weighted by Crippen LogP contribution is -2.27. The summed E-state index contributed by atoms with van der Waals surface area (Å²) >= 11 is 1.89. The normalized spacial score (nSPS) is 12.6. The molecule has 1 aromatic rings. The molecule has 0 aliphatic rings. The molecule has 3 N–H and O–H groups in total. The van der Waals surface area contributed by atoms with E-state index in [0.717, 1.165) is 17.1 Å². The van der Waals surface area contributed by atoms with Gasteiger partial charge >= 0.3 is 0 Å². The van der Waals surface area contributed by atoms with Crippen LogP contribution in [0.4, 0.5) is 0 Å². The van der Waals surface area contributed by atoms with Crippen LogP contribution >= 0.6 is 11.8 Å². The van der Waals surface area contributed by atoms with Crippen LogP contribution in [-0.2, 0) is 6.54 Å². The van der Waals surface area contributed by atoms with E-state index in [4.69, 9.17) is 5.11 Å². The van der Waals surface area contributed by atoms with Crippen LogP contribution in [0.2, 0.25) is 0 Å². The van der Waals surface area contributed by atoms with Crippen LogP contribution in [-0.4, -0.2) is 27.8 Å². The Morgan fingerprint density at radius 1 is 1.38 bits per heavy atom. The first kappa shape index (κ1) is 13.2. The van der Waals surface area contributed by atoms with Crippen LogP contribution < -0.4 is 5.32 Å². The molecule has 1 rings (SSSR count). The highest BCUT2D eigenvalue weighted by Gasteiger charge is 2.05. The quantitative estimate of drug-likeness (QED) is 0.715. The molecule has 0 aliphatic carbocycles. The van der Waals surface area contributed by atoms with Crippen molar-refractivity contribution >= 4 is 11.8 Å². The first-order valence-corrected chi connectivity index (χ1v) is 6.61. The third-order valence-corrected chi connectivity index (χ3v) is 3.43. The summed E-state index contributed by atoms with van der Waals surface area (Å²) in [6.45, 7) is 4.89. The van der Waals surface area contributed by atoms with E-state index in [1.807, 2.05) is 11.8 Å². The van der Waals surface area contributed by atoms with E-state index in [1.165, 1.54) is 6.07 Å². The average molecular weight is 241 g/mol. The molecular formula is C12H19NO2S. The third kappa shape index (κ3) is 4.33. The Bertz CT molecular complexity index is 331. The molecule has 0 radical (unpaired) electrons. The van der Waals surface area contributed by atoms with Gasteiger partial charge in [-0.25, -0.2) is 0 Å². The lowest BCUT2D eigenvalue weighted by molar-refractivity contribution is 0.442. The number of hydrogen-bond donors (Lipinski definition) is 3. The lowest BCUT2D eigenvalue weighted by Gasteiger charge is -2.13. The summed E-state index contributed by atoms with van der Waals surface area (Å²) in [5.74, 6) is 2.42. The number of aromatic hydroxyl groups is 2. The molecule has 0 aliphatic heterocycles. The highest BCUT2D eigenvalue weighted by atomic mass is 32.2. The minimum Gasteiger partial charge on any atom is -0.508 e. The fourth-order valence-corrected chi connectivity index (χ4v) is 2.05. The Morgan fingerprint density at radius 2 is 2.12 bits per heavy atom. The summed E-state index contributed by atoms with van der Waals surface area (Å²) in [5.41, 5.74) is 0.811. The number of benzene rings is 1. The van der Waals surface area contributed by atoms with Crippen LogP contribution in [0.15, 0.2) is 18.2 Å². The monoisotopic (exact) mass is 241 g/mol. The maximum atomic E-state index is 9.58. The zero-order valence-electron chi connectivity index (χ0n) is 9.73. The van der Waals surface area contributed by atoms with Gasteiger partial charge in [-0.1, -0.05) is 13.0 Å². The number of rotatable bonds is 6. The summed E-state index contributed by atoms with van der Waals surface area (Å²) in [6.07, 6.45) is 0. The van der Waals surface area contributed by atoms with Gasteiger partial charge in [-0.2, -0.15) is 11.8 Å². The first-order valence-electron chi connectivity index (χ1n) is 5.45. The van der Waals surface area contributed by atoms with Crippen molar-refractivity contribution in [3.63, 3.8) is 0 Å². The van der Waals surface area contributed by atoms with Crippen molar-refractivity contribution in [3.8, 4) is 11.5 Å². The molecule has 0 fully saturated rings. The summed E-state index contributed by atoms with van der Waals surface area (Å²) in [6, 6.07) is 5.10. The van der Waals surface area contributed by atoms with E-state index < -0.39 is 0 Å². The van der Waals surface area contributed by atoms with E-state index in [-0.39, 0.29) is 11.5 Å². The zero-order valence-corrected chi connectivity index (χ0v) is 10.5. The molecule has 1 atom stereocenters. The van der Waals surface area contributed by atoms with E-state index in [9.17, 15) is 5.11 Å². The Kier molecular flexibility index (Phi) is 5.49. The van der Waals surface area contributed by atoms with Gasteiger partial charge in [-0.05, 0) is 18.7 Å². The second-order valence-electron chi connectivity index (χ2n) is 3.75. The zero-order chi connectivity index (χ0) is 12.0. The molecule has 4 heteroatoms. The van der Waals surface area contributed by atoms with Crippen LogP contribution in [0.3, 0.4) is 0 Å². The Labute approximate surface area is 101 Å². The predicted molar refractivity (Wildman–Crippen MR) is 69.1 cm³/mol. The average Bonchev–Trinajstić information content (AvgIpc) is 2.25. The van der Waals surface area contributed by atoms with Gasteiger partial charge in [0.2, 0.25) is 0 Å². The molecule has 0 saturated carbocycles. The van der Waals surface area contributed by atoms with Crippen LogP contribution in [0.25, 0.3) is 0 Å². The Morgan fingerprint density at radius 3 is 2.75 bits per heavy atom. The van der Waals surface area contributed by atoms with Gasteiger partial charge in [-0.3, -0.25) is 0 Å². The Balaban J connectivity index is 2.42. The fourth-order valence-electron chi connectivity index (χ4n) is 1.34. The molecule has 1 unspecified atom stereocenters. The minimum absolute atomic E-state index is 0.0934. The lowest BCUT2D eigenvalue weighted by atomic mass is 10.2. The summed E-state index contributed by atoms with van der Waals surface area (Å²) < 4.78 is 0. The van der Waals surface area contributed by atoms with E-state index >= 15 is 0 Å². The first-order chi connectivity index (χ1) is 7.63. The number of phenols is 2. The minimum atomic E-state index is 0.0934. The van der Waals surface area contributed by atoms with E-state index in [1.54, 1.807) is 12.1 Å². The maximum absolute atomic E-state index is 9.58. The molecule has 0 spiro atoms. The fraction of sp³-hybridized carbons (Fsp3) is 0.500. The number of nitrogens with one attached hydrogen (secondary N) is 1. The van der Waals surface area contributed by atoms with E-state index in [0.29, 0.717) is 12.6 Å². The highest BCUT2D eigenvalue weighted by Crippen LogP contribution is 2.22. The topological polar surface area (TPSA) is 52.5 Å². The number of thioether (sulfide) groups is 1. The molecular weight excluding hydrogens is 222 g/mol. The summed E-state index contributed by atoms with van der Waals surface area (Å²) in [5, 5.41) is 22.1. The molecule has 16 heavy (non-hydrogen) atoms. The van der Waals surface area contributed by atoms with Crippen LogP contribution in [0.1, 0.15) is 19.4 Å². The summed E-state index contributed by atoms with van der Waals surface area (Å²) in [7, 11) is 0. The van der Waals surface area contributed by atoms with Crippen molar-refractivity contribution in [1.82, 2.24) is 5.32 Å². The van der Waals surface area contributed by atoms with Crippen molar-refractivity contribution in [2.24, 2.45) is 0 Å². The highest BCUT2D eigenvalue weighted by molar-refractivity contribution is 7.99. The molecule has 0 saturated heterocycles. The predicted octanol–water partition coefficient (Wildman–Crippen LogP) is 2.33. The van der Waals surface area contributed by atoms with Crippen LogP contribution in [0, 0.1) is 0 Å². The van der Waals surface area contributed by atoms with Gasteiger partial charge in [0, 0.05) is 30.0 Å². The molecule has 0 amide bonds. The van der Waals surface area contributed by atoms with Gasteiger partial charge in [-0.15, -0.1) is 0 Å². The van der Waals surface area contributed by atoms with Gasteiger partial charge in [0.05, 0.1) is 0 Å². The van der Waals surface area contributed by atoms with Crippen molar-refractivity contribution < 1.29 is 10.2 Å². The molecule has 90 valence electrons. The van der Waals surface area contributed by atoms with Crippen molar-refractivity contribution in [1.29, 1.82) is 0 Å². The van der Waals surface area contributed by atoms with Crippen molar-refractivity contribution in [2.75, 3.05) is 11.5 Å². The standard InChI is InChI=1S/C12H19NO2S/c1-3-16-8-9(2)13-7-10-4-5-11(14)6-12(10)15/h4-6,9,13-15H,3,7-8H2,1-2H3. The largest absolute Gasteiger partial charge is 0.508 e. The smallest absolute Gasteiger partial charge is 0.123 e. The second-order valence-corrected chi connectivity index (χ2v) is 5.07.